The number of benzene rings is 1. The lowest BCUT2D eigenvalue weighted by Gasteiger charge is -2.31. The lowest BCUT2D eigenvalue weighted by atomic mass is 9.88. The second-order valence-corrected chi connectivity index (χ2v) is 6.77. The molecule has 0 radical (unpaired) electrons. The Hall–Kier alpha value is -2.93. The van der Waals surface area contributed by atoms with Crippen LogP contribution in [0, 0.1) is 11.8 Å². The monoisotopic (exact) mass is 351 g/mol. The van der Waals surface area contributed by atoms with E-state index in [-0.39, 0.29) is 17.5 Å². The minimum Gasteiger partial charge on any atom is -0.326 e. The van der Waals surface area contributed by atoms with Crippen molar-refractivity contribution in [1.29, 1.82) is 0 Å². The molecule has 7 heteroatoms. The number of carbonyl (C=O) groups excluding carboxylic acids is 1. The average molecular weight is 351 g/mol. The van der Waals surface area contributed by atoms with Gasteiger partial charge in [-0.2, -0.15) is 0 Å². The molecule has 1 fully saturated rings. The molecule has 1 atom stereocenters. The number of fused-ring (bicyclic) bond motifs is 1. The Bertz CT molecular complexity index is 1000. The molecule has 26 heavy (non-hydrogen) atoms. The van der Waals surface area contributed by atoms with Gasteiger partial charge in [0.05, 0.1) is 6.54 Å². The maximum absolute atomic E-state index is 12.4. The van der Waals surface area contributed by atoms with Crippen molar-refractivity contribution in [3.63, 3.8) is 0 Å². The summed E-state index contributed by atoms with van der Waals surface area (Å²) in [6.45, 7) is 4.10. The van der Waals surface area contributed by atoms with E-state index in [0.29, 0.717) is 18.1 Å². The van der Waals surface area contributed by atoms with Gasteiger partial charge >= 0.3 is 5.69 Å². The number of nitrogens with zero attached hydrogens (tertiary/aromatic N) is 3. The fourth-order valence-electron chi connectivity index (χ4n) is 3.13. The van der Waals surface area contributed by atoms with Crippen LogP contribution in [0.25, 0.3) is 5.65 Å². The van der Waals surface area contributed by atoms with Crippen LogP contribution < -0.4 is 16.3 Å². The van der Waals surface area contributed by atoms with E-state index in [0.717, 1.165) is 24.3 Å². The van der Waals surface area contributed by atoms with Crippen LogP contribution in [0.4, 0.5) is 5.69 Å². The molecule has 0 spiro atoms. The lowest BCUT2D eigenvalue weighted by molar-refractivity contribution is -0.121. The Kier molecular flexibility index (Phi) is 4.30. The van der Waals surface area contributed by atoms with Gasteiger partial charge < -0.3 is 10.6 Å². The van der Waals surface area contributed by atoms with Crippen LogP contribution in [0.2, 0.25) is 0 Å². The third kappa shape index (κ3) is 3.13. The van der Waals surface area contributed by atoms with E-state index < -0.39 is 0 Å². The smallest absolute Gasteiger partial charge is 0.326 e. The number of hydrogen-bond donors (Lipinski definition) is 2. The van der Waals surface area contributed by atoms with Gasteiger partial charge in [0.1, 0.15) is 0 Å². The number of carbonyl (C=O) groups is 1. The Morgan fingerprint density at radius 1 is 1.31 bits per heavy atom. The summed E-state index contributed by atoms with van der Waals surface area (Å²) in [7, 11) is 0. The maximum Gasteiger partial charge on any atom is 0.350 e. The standard InChI is InChI=1S/C19H21N5O2/c1-13(15-10-20-11-15)18(25)21-16-6-4-5-14(9-16)12-24-19(26)23-8-3-2-7-17(23)22-24/h2-9,13,15,20H,10-12H2,1H3,(H,21,25). The third-order valence-corrected chi connectivity index (χ3v) is 4.95. The molecule has 3 heterocycles. The zero-order chi connectivity index (χ0) is 18.1. The molecule has 0 saturated carbocycles. The van der Waals surface area contributed by atoms with Crippen molar-refractivity contribution < 1.29 is 4.79 Å². The molecule has 134 valence electrons. The number of nitrogens with one attached hydrogen (secondary N) is 2. The van der Waals surface area contributed by atoms with Crippen LogP contribution in [0.5, 0.6) is 0 Å². The molecule has 0 bridgehead atoms. The molecule has 2 N–H and O–H groups in total. The lowest BCUT2D eigenvalue weighted by Crippen LogP contribution is -2.48. The van der Waals surface area contributed by atoms with E-state index in [1.165, 1.54) is 9.08 Å². The first-order chi connectivity index (χ1) is 12.6. The Morgan fingerprint density at radius 2 is 2.15 bits per heavy atom. The second-order valence-electron chi connectivity index (χ2n) is 6.77. The van der Waals surface area contributed by atoms with Crippen molar-refractivity contribution in [3.8, 4) is 0 Å². The van der Waals surface area contributed by atoms with Gasteiger partial charge in [-0.3, -0.25) is 9.20 Å². The van der Waals surface area contributed by atoms with Gasteiger partial charge in [0, 0.05) is 17.8 Å². The average Bonchev–Trinajstić information content (AvgIpc) is 2.90. The van der Waals surface area contributed by atoms with E-state index in [4.69, 9.17) is 0 Å². The van der Waals surface area contributed by atoms with Crippen molar-refractivity contribution in [2.45, 2.75) is 13.5 Å². The predicted octanol–water partition coefficient (Wildman–Crippen LogP) is 1.34. The number of amides is 1. The van der Waals surface area contributed by atoms with Gasteiger partial charge in [-0.1, -0.05) is 25.1 Å². The van der Waals surface area contributed by atoms with Gasteiger partial charge in [0.25, 0.3) is 0 Å². The fraction of sp³-hybridized carbons (Fsp3) is 0.316. The molecule has 1 unspecified atom stereocenters. The summed E-state index contributed by atoms with van der Waals surface area (Å²) in [6.07, 6.45) is 1.70. The molecule has 1 aromatic carbocycles. The zero-order valence-corrected chi connectivity index (χ0v) is 14.6. The third-order valence-electron chi connectivity index (χ3n) is 4.95. The molecule has 1 amide bonds. The molecule has 0 aliphatic carbocycles. The zero-order valence-electron chi connectivity index (χ0n) is 14.6. The minimum atomic E-state index is -0.179. The van der Waals surface area contributed by atoms with Crippen LogP contribution in [0.3, 0.4) is 0 Å². The summed E-state index contributed by atoms with van der Waals surface area (Å²) in [5.74, 6) is 0.397. The van der Waals surface area contributed by atoms with Crippen molar-refractivity contribution >= 4 is 17.2 Å². The van der Waals surface area contributed by atoms with Crippen molar-refractivity contribution in [3.05, 3.63) is 64.7 Å². The first-order valence-electron chi connectivity index (χ1n) is 8.76. The highest BCUT2D eigenvalue weighted by Crippen LogP contribution is 2.19. The molecule has 3 aromatic rings. The van der Waals surface area contributed by atoms with Crippen molar-refractivity contribution in [1.82, 2.24) is 19.5 Å². The van der Waals surface area contributed by atoms with Gasteiger partial charge in [-0.25, -0.2) is 9.48 Å². The van der Waals surface area contributed by atoms with Gasteiger partial charge in [0.2, 0.25) is 5.91 Å². The highest BCUT2D eigenvalue weighted by Gasteiger charge is 2.28. The van der Waals surface area contributed by atoms with Crippen LogP contribution in [0.15, 0.2) is 53.5 Å². The van der Waals surface area contributed by atoms with E-state index in [1.807, 2.05) is 37.3 Å². The number of anilines is 1. The fourth-order valence-corrected chi connectivity index (χ4v) is 3.13. The number of rotatable bonds is 5. The second kappa shape index (κ2) is 6.76. The predicted molar refractivity (Wildman–Crippen MR) is 99.1 cm³/mol. The Labute approximate surface area is 150 Å². The Morgan fingerprint density at radius 3 is 2.88 bits per heavy atom. The van der Waals surface area contributed by atoms with E-state index in [2.05, 4.69) is 15.7 Å². The molecule has 1 saturated heterocycles. The Balaban J connectivity index is 1.51. The summed E-state index contributed by atoms with van der Waals surface area (Å²) >= 11 is 0. The summed E-state index contributed by atoms with van der Waals surface area (Å²) in [5.41, 5.74) is 2.08. The highest BCUT2D eigenvalue weighted by atomic mass is 16.2. The summed E-state index contributed by atoms with van der Waals surface area (Å²) < 4.78 is 2.94. The van der Waals surface area contributed by atoms with Crippen molar-refractivity contribution in [2.24, 2.45) is 11.8 Å². The van der Waals surface area contributed by atoms with Crippen LogP contribution >= 0.6 is 0 Å². The van der Waals surface area contributed by atoms with Crippen LogP contribution in [-0.4, -0.2) is 33.2 Å². The van der Waals surface area contributed by atoms with Gasteiger partial charge in [0.15, 0.2) is 5.65 Å². The molecule has 7 nitrogen and oxygen atoms in total. The highest BCUT2D eigenvalue weighted by molar-refractivity contribution is 5.92. The summed E-state index contributed by atoms with van der Waals surface area (Å²) in [4.78, 5) is 24.8. The topological polar surface area (TPSA) is 80.4 Å². The van der Waals surface area contributed by atoms with Gasteiger partial charge in [-0.05, 0) is 48.8 Å². The first-order valence-corrected chi connectivity index (χ1v) is 8.76. The summed E-state index contributed by atoms with van der Waals surface area (Å²) in [5, 5.41) is 10.5. The SMILES string of the molecule is CC(C(=O)Nc1cccc(Cn2nc3ccccn3c2=O)c1)C1CNC1. The molecule has 4 rings (SSSR count). The van der Waals surface area contributed by atoms with Crippen molar-refractivity contribution in [2.75, 3.05) is 18.4 Å². The molecule has 2 aromatic heterocycles. The van der Waals surface area contributed by atoms with E-state index >= 15 is 0 Å². The normalized spacial score (nSPS) is 15.6. The molecular formula is C19H21N5O2. The minimum absolute atomic E-state index is 0.0264. The largest absolute Gasteiger partial charge is 0.350 e. The number of pyridine rings is 1. The van der Waals surface area contributed by atoms with Crippen LogP contribution in [0.1, 0.15) is 12.5 Å². The van der Waals surface area contributed by atoms with E-state index in [1.54, 1.807) is 18.3 Å². The van der Waals surface area contributed by atoms with Crippen LogP contribution in [-0.2, 0) is 11.3 Å². The van der Waals surface area contributed by atoms with Gasteiger partial charge in [-0.15, -0.1) is 5.10 Å². The van der Waals surface area contributed by atoms with E-state index in [9.17, 15) is 9.59 Å². The molecular weight excluding hydrogens is 330 g/mol. The molecule has 1 aliphatic rings. The maximum atomic E-state index is 12.4. The summed E-state index contributed by atoms with van der Waals surface area (Å²) in [6, 6.07) is 13.0. The quantitative estimate of drug-likeness (QED) is 0.727. The molecule has 1 aliphatic heterocycles. The number of aromatic nitrogens is 3. The first kappa shape index (κ1) is 16.5. The number of hydrogen-bond acceptors (Lipinski definition) is 4.